The Balaban J connectivity index is 2.30. The number of piperazine rings is 1. The predicted octanol–water partition coefficient (Wildman–Crippen LogP) is 2.65. The molecule has 1 saturated heterocycles. The van der Waals surface area contributed by atoms with Crippen molar-refractivity contribution in [1.29, 1.82) is 0 Å². The van der Waals surface area contributed by atoms with Crippen molar-refractivity contribution < 1.29 is 4.74 Å². The van der Waals surface area contributed by atoms with Crippen LogP contribution in [-0.2, 0) is 0 Å². The first kappa shape index (κ1) is 12.7. The molecule has 1 aromatic rings. The van der Waals surface area contributed by atoms with Crippen molar-refractivity contribution in [2.24, 2.45) is 0 Å². The summed E-state index contributed by atoms with van der Waals surface area (Å²) in [6, 6.07) is 6.71. The minimum absolute atomic E-state index is 0.562. The van der Waals surface area contributed by atoms with Crippen molar-refractivity contribution in [3.05, 3.63) is 22.7 Å². The van der Waals surface area contributed by atoms with E-state index in [1.165, 1.54) is 5.69 Å². The Kier molecular flexibility index (Phi) is 4.29. The molecule has 1 fully saturated rings. The van der Waals surface area contributed by atoms with Crippen molar-refractivity contribution >= 4 is 21.6 Å². The summed E-state index contributed by atoms with van der Waals surface area (Å²) in [6.07, 6.45) is 1.15. The van der Waals surface area contributed by atoms with Gasteiger partial charge in [0.1, 0.15) is 5.75 Å². The number of anilines is 1. The molecule has 0 amide bonds. The van der Waals surface area contributed by atoms with Gasteiger partial charge < -0.3 is 15.0 Å². The van der Waals surface area contributed by atoms with Crippen LogP contribution in [0.2, 0.25) is 0 Å². The zero-order valence-corrected chi connectivity index (χ0v) is 12.0. The van der Waals surface area contributed by atoms with E-state index in [2.05, 4.69) is 45.2 Å². The molecule has 17 heavy (non-hydrogen) atoms. The van der Waals surface area contributed by atoms with Crippen LogP contribution in [0.25, 0.3) is 0 Å². The van der Waals surface area contributed by atoms with Crippen LogP contribution in [0.5, 0.6) is 5.75 Å². The second-order valence-electron chi connectivity index (χ2n) is 4.28. The zero-order valence-electron chi connectivity index (χ0n) is 10.4. The molecule has 2 rings (SSSR count). The van der Waals surface area contributed by atoms with Crippen molar-refractivity contribution in [2.45, 2.75) is 19.4 Å². The molecule has 4 heteroatoms. The molecule has 1 heterocycles. The quantitative estimate of drug-likeness (QED) is 0.928. The minimum atomic E-state index is 0.562. The first-order valence-electron chi connectivity index (χ1n) is 6.07. The molecule has 1 aliphatic rings. The van der Waals surface area contributed by atoms with Gasteiger partial charge in [-0.3, -0.25) is 0 Å². The zero-order chi connectivity index (χ0) is 12.3. The van der Waals surface area contributed by atoms with Crippen LogP contribution in [0.4, 0.5) is 5.69 Å². The number of hydrogen-bond donors (Lipinski definition) is 1. The number of hydrogen-bond acceptors (Lipinski definition) is 3. The fourth-order valence-electron chi connectivity index (χ4n) is 2.28. The third-order valence-corrected chi connectivity index (χ3v) is 3.95. The summed E-state index contributed by atoms with van der Waals surface area (Å²) >= 11 is 3.63. The van der Waals surface area contributed by atoms with Gasteiger partial charge in [-0.25, -0.2) is 0 Å². The monoisotopic (exact) mass is 298 g/mol. The topological polar surface area (TPSA) is 24.5 Å². The maximum Gasteiger partial charge on any atom is 0.121 e. The summed E-state index contributed by atoms with van der Waals surface area (Å²) in [4.78, 5) is 2.46. The summed E-state index contributed by atoms with van der Waals surface area (Å²) < 4.78 is 6.44. The third-order valence-electron chi connectivity index (χ3n) is 3.28. The molecule has 1 aromatic carbocycles. The van der Waals surface area contributed by atoms with Gasteiger partial charge in [0.15, 0.2) is 0 Å². The number of ether oxygens (including phenoxy) is 1. The molecule has 94 valence electrons. The van der Waals surface area contributed by atoms with Crippen LogP contribution >= 0.6 is 15.9 Å². The van der Waals surface area contributed by atoms with Gasteiger partial charge in [-0.1, -0.05) is 6.92 Å². The number of benzene rings is 1. The van der Waals surface area contributed by atoms with E-state index in [0.717, 1.165) is 36.3 Å². The highest BCUT2D eigenvalue weighted by molar-refractivity contribution is 9.10. The lowest BCUT2D eigenvalue weighted by Crippen LogP contribution is -2.51. The van der Waals surface area contributed by atoms with E-state index >= 15 is 0 Å². The first-order valence-corrected chi connectivity index (χ1v) is 6.86. The standard InChI is InChI=1S/C13H19BrN2O/c1-3-10-9-15-6-7-16(10)13-8-11(17-2)4-5-12(13)14/h4-5,8,10,15H,3,6-7,9H2,1-2H3. The molecule has 3 nitrogen and oxygen atoms in total. The molecular weight excluding hydrogens is 280 g/mol. The molecule has 1 unspecified atom stereocenters. The maximum absolute atomic E-state index is 5.31. The fraction of sp³-hybridized carbons (Fsp3) is 0.538. The van der Waals surface area contributed by atoms with Crippen LogP contribution in [-0.4, -0.2) is 32.8 Å². The van der Waals surface area contributed by atoms with Crippen LogP contribution < -0.4 is 15.0 Å². The van der Waals surface area contributed by atoms with Crippen molar-refractivity contribution in [1.82, 2.24) is 5.32 Å². The van der Waals surface area contributed by atoms with Crippen LogP contribution in [0.15, 0.2) is 22.7 Å². The Labute approximate surface area is 111 Å². The SMILES string of the molecule is CCC1CNCCN1c1cc(OC)ccc1Br. The highest BCUT2D eigenvalue weighted by Crippen LogP contribution is 2.32. The summed E-state index contributed by atoms with van der Waals surface area (Å²) in [7, 11) is 1.71. The number of methoxy groups -OCH3 is 1. The van der Waals surface area contributed by atoms with Crippen molar-refractivity contribution in [3.63, 3.8) is 0 Å². The Morgan fingerprint density at radius 1 is 1.53 bits per heavy atom. The molecule has 0 spiro atoms. The van der Waals surface area contributed by atoms with Gasteiger partial charge in [-0.05, 0) is 34.5 Å². The average Bonchev–Trinajstić information content (AvgIpc) is 2.39. The van der Waals surface area contributed by atoms with Gasteiger partial charge in [-0.15, -0.1) is 0 Å². The smallest absolute Gasteiger partial charge is 0.121 e. The largest absolute Gasteiger partial charge is 0.497 e. The number of halogens is 1. The van der Waals surface area contributed by atoms with Gasteiger partial charge in [0.25, 0.3) is 0 Å². The number of rotatable bonds is 3. The molecule has 0 radical (unpaired) electrons. The lowest BCUT2D eigenvalue weighted by Gasteiger charge is -2.38. The van der Waals surface area contributed by atoms with Crippen LogP contribution in [0.1, 0.15) is 13.3 Å². The van der Waals surface area contributed by atoms with E-state index in [4.69, 9.17) is 4.74 Å². The first-order chi connectivity index (χ1) is 8.26. The summed E-state index contributed by atoms with van der Waals surface area (Å²) in [5, 5.41) is 3.45. The van der Waals surface area contributed by atoms with E-state index in [0.29, 0.717) is 6.04 Å². The summed E-state index contributed by atoms with van der Waals surface area (Å²) in [6.45, 7) is 5.38. The second kappa shape index (κ2) is 5.74. The van der Waals surface area contributed by atoms with E-state index in [1.807, 2.05) is 6.07 Å². The van der Waals surface area contributed by atoms with Gasteiger partial charge in [0.05, 0.1) is 12.8 Å². The summed E-state index contributed by atoms with van der Waals surface area (Å²) in [5.74, 6) is 0.914. The van der Waals surface area contributed by atoms with Gasteiger partial charge >= 0.3 is 0 Å². The Morgan fingerprint density at radius 2 is 2.35 bits per heavy atom. The fourth-order valence-corrected chi connectivity index (χ4v) is 2.76. The number of nitrogens with one attached hydrogen (secondary N) is 1. The Hall–Kier alpha value is -0.740. The van der Waals surface area contributed by atoms with Gasteiger partial charge in [0, 0.05) is 36.2 Å². The molecule has 0 aliphatic carbocycles. The van der Waals surface area contributed by atoms with E-state index in [1.54, 1.807) is 7.11 Å². The van der Waals surface area contributed by atoms with E-state index < -0.39 is 0 Å². The predicted molar refractivity (Wildman–Crippen MR) is 75.0 cm³/mol. The minimum Gasteiger partial charge on any atom is -0.497 e. The molecular formula is C13H19BrN2O. The van der Waals surface area contributed by atoms with E-state index in [9.17, 15) is 0 Å². The molecule has 1 atom stereocenters. The molecule has 0 saturated carbocycles. The average molecular weight is 299 g/mol. The highest BCUT2D eigenvalue weighted by Gasteiger charge is 2.22. The number of nitrogens with zero attached hydrogens (tertiary/aromatic N) is 1. The van der Waals surface area contributed by atoms with Gasteiger partial charge in [0.2, 0.25) is 0 Å². The van der Waals surface area contributed by atoms with Crippen LogP contribution in [0.3, 0.4) is 0 Å². The lowest BCUT2D eigenvalue weighted by atomic mass is 10.1. The molecule has 0 bridgehead atoms. The van der Waals surface area contributed by atoms with Gasteiger partial charge in [-0.2, -0.15) is 0 Å². The normalized spacial score (nSPS) is 20.4. The molecule has 1 N–H and O–H groups in total. The Bertz CT molecular complexity index is 384. The molecule has 1 aliphatic heterocycles. The maximum atomic E-state index is 5.31. The Morgan fingerprint density at radius 3 is 3.06 bits per heavy atom. The summed E-state index contributed by atoms with van der Waals surface area (Å²) in [5.41, 5.74) is 1.23. The third kappa shape index (κ3) is 2.75. The lowest BCUT2D eigenvalue weighted by molar-refractivity contribution is 0.413. The highest BCUT2D eigenvalue weighted by atomic mass is 79.9. The molecule has 0 aromatic heterocycles. The van der Waals surface area contributed by atoms with Crippen LogP contribution in [0, 0.1) is 0 Å². The van der Waals surface area contributed by atoms with Crippen molar-refractivity contribution in [3.8, 4) is 5.75 Å². The second-order valence-corrected chi connectivity index (χ2v) is 5.13. The van der Waals surface area contributed by atoms with Crippen molar-refractivity contribution in [2.75, 3.05) is 31.6 Å². The van der Waals surface area contributed by atoms with E-state index in [-0.39, 0.29) is 0 Å².